The Morgan fingerprint density at radius 2 is 2.06 bits per heavy atom. The van der Waals surface area contributed by atoms with Crippen molar-refractivity contribution in [3.8, 4) is 5.69 Å². The Bertz CT molecular complexity index is 530. The highest BCUT2D eigenvalue weighted by Gasteiger charge is 2.13. The zero-order valence-electron chi connectivity index (χ0n) is 10.7. The second-order valence-corrected chi connectivity index (χ2v) is 4.41. The quantitative estimate of drug-likeness (QED) is 0.840. The molecule has 0 spiro atoms. The largest absolute Gasteiger partial charge is 0.396 e. The summed E-state index contributed by atoms with van der Waals surface area (Å²) in [6.07, 6.45) is 5.73. The van der Waals surface area contributed by atoms with Crippen molar-refractivity contribution in [1.29, 1.82) is 0 Å². The predicted molar refractivity (Wildman–Crippen MR) is 71.3 cm³/mol. The maximum atomic E-state index is 13.2. The van der Waals surface area contributed by atoms with Crippen molar-refractivity contribution in [2.75, 3.05) is 5.73 Å². The van der Waals surface area contributed by atoms with Crippen LogP contribution in [0.3, 0.4) is 0 Å². The number of hydrogen-bond acceptors (Lipinski definition) is 2. The Balaban J connectivity index is 2.45. The molecule has 4 heteroatoms. The fourth-order valence-corrected chi connectivity index (χ4v) is 2.21. The van der Waals surface area contributed by atoms with E-state index in [9.17, 15) is 4.39 Å². The number of anilines is 1. The first-order valence-electron chi connectivity index (χ1n) is 6.25. The smallest absolute Gasteiger partial charge is 0.146 e. The Morgan fingerprint density at radius 1 is 1.33 bits per heavy atom. The zero-order chi connectivity index (χ0) is 13.1. The highest BCUT2D eigenvalue weighted by atomic mass is 19.1. The van der Waals surface area contributed by atoms with E-state index in [1.54, 1.807) is 18.5 Å². The lowest BCUT2D eigenvalue weighted by Gasteiger charge is -2.15. The van der Waals surface area contributed by atoms with Gasteiger partial charge in [0, 0.05) is 23.5 Å². The summed E-state index contributed by atoms with van der Waals surface area (Å²) in [5.74, 6) is 0.0710. The summed E-state index contributed by atoms with van der Waals surface area (Å²) in [5.41, 5.74) is 7.77. The van der Waals surface area contributed by atoms with Crippen molar-refractivity contribution in [3.05, 3.63) is 42.2 Å². The van der Waals surface area contributed by atoms with Gasteiger partial charge in [-0.05, 0) is 31.0 Å². The van der Waals surface area contributed by atoms with Crippen LogP contribution in [-0.2, 0) is 0 Å². The van der Waals surface area contributed by atoms with Crippen LogP contribution >= 0.6 is 0 Å². The van der Waals surface area contributed by atoms with Crippen LogP contribution in [0.4, 0.5) is 10.1 Å². The fraction of sp³-hybridized carbons (Fsp3) is 0.357. The minimum Gasteiger partial charge on any atom is -0.396 e. The molecule has 0 atom stereocenters. The monoisotopic (exact) mass is 247 g/mol. The van der Waals surface area contributed by atoms with Gasteiger partial charge in [-0.2, -0.15) is 0 Å². The molecule has 0 aliphatic rings. The molecular formula is C14H18FN3. The fourth-order valence-electron chi connectivity index (χ4n) is 2.21. The third kappa shape index (κ3) is 2.23. The number of rotatable bonds is 4. The van der Waals surface area contributed by atoms with Crippen molar-refractivity contribution in [2.45, 2.75) is 32.6 Å². The van der Waals surface area contributed by atoms with Gasteiger partial charge in [0.2, 0.25) is 0 Å². The molecule has 0 radical (unpaired) electrons. The molecule has 2 rings (SSSR count). The van der Waals surface area contributed by atoms with E-state index in [0.29, 0.717) is 5.92 Å². The summed E-state index contributed by atoms with van der Waals surface area (Å²) < 4.78 is 15.2. The summed E-state index contributed by atoms with van der Waals surface area (Å²) in [5, 5.41) is 0. The van der Waals surface area contributed by atoms with Gasteiger partial charge < -0.3 is 10.3 Å². The van der Waals surface area contributed by atoms with Gasteiger partial charge in [-0.25, -0.2) is 9.37 Å². The first kappa shape index (κ1) is 12.6. The van der Waals surface area contributed by atoms with E-state index < -0.39 is 0 Å². The van der Waals surface area contributed by atoms with Gasteiger partial charge >= 0.3 is 0 Å². The van der Waals surface area contributed by atoms with Crippen LogP contribution in [0.2, 0.25) is 0 Å². The molecule has 3 nitrogen and oxygen atoms in total. The Labute approximate surface area is 106 Å². The van der Waals surface area contributed by atoms with Gasteiger partial charge in [-0.3, -0.25) is 0 Å². The molecule has 2 aromatic rings. The van der Waals surface area contributed by atoms with Crippen LogP contribution in [0.15, 0.2) is 30.7 Å². The van der Waals surface area contributed by atoms with E-state index in [0.717, 1.165) is 24.2 Å². The van der Waals surface area contributed by atoms with Crippen molar-refractivity contribution < 1.29 is 4.39 Å². The van der Waals surface area contributed by atoms with Gasteiger partial charge in [0.1, 0.15) is 5.82 Å². The van der Waals surface area contributed by atoms with Crippen molar-refractivity contribution in [3.63, 3.8) is 0 Å². The Kier molecular flexibility index (Phi) is 3.65. The SMILES string of the molecule is CCC(CC)c1cncn1-c1ccc(F)c(N)c1. The van der Waals surface area contributed by atoms with Crippen LogP contribution in [0, 0.1) is 5.82 Å². The van der Waals surface area contributed by atoms with E-state index in [4.69, 9.17) is 5.73 Å². The first-order valence-corrected chi connectivity index (χ1v) is 6.25. The molecule has 18 heavy (non-hydrogen) atoms. The topological polar surface area (TPSA) is 43.8 Å². The molecule has 0 fully saturated rings. The second kappa shape index (κ2) is 5.21. The molecule has 0 unspecified atom stereocenters. The molecule has 0 saturated heterocycles. The van der Waals surface area contributed by atoms with Crippen LogP contribution in [-0.4, -0.2) is 9.55 Å². The molecule has 1 aromatic heterocycles. The maximum absolute atomic E-state index is 13.2. The number of halogens is 1. The summed E-state index contributed by atoms with van der Waals surface area (Å²) in [4.78, 5) is 4.20. The third-order valence-corrected chi connectivity index (χ3v) is 3.33. The minimum absolute atomic E-state index is 0.164. The van der Waals surface area contributed by atoms with E-state index in [-0.39, 0.29) is 11.5 Å². The molecule has 0 bridgehead atoms. The summed E-state index contributed by atoms with van der Waals surface area (Å²) in [7, 11) is 0. The number of nitrogens with zero attached hydrogens (tertiary/aromatic N) is 2. The highest BCUT2D eigenvalue weighted by molar-refractivity contribution is 5.49. The maximum Gasteiger partial charge on any atom is 0.146 e. The normalized spacial score (nSPS) is 11.1. The van der Waals surface area contributed by atoms with Crippen LogP contribution in [0.25, 0.3) is 5.69 Å². The predicted octanol–water partition coefficient (Wildman–Crippen LogP) is 3.50. The number of nitrogen functional groups attached to an aromatic ring is 1. The van der Waals surface area contributed by atoms with E-state index in [2.05, 4.69) is 18.8 Å². The third-order valence-electron chi connectivity index (χ3n) is 3.33. The molecular weight excluding hydrogens is 229 g/mol. The van der Waals surface area contributed by atoms with Gasteiger partial charge in [-0.1, -0.05) is 13.8 Å². The summed E-state index contributed by atoms with van der Waals surface area (Å²) in [6.45, 7) is 4.31. The molecule has 0 aliphatic heterocycles. The minimum atomic E-state index is -0.386. The number of hydrogen-bond donors (Lipinski definition) is 1. The number of nitrogens with two attached hydrogens (primary N) is 1. The average Bonchev–Trinajstić information content (AvgIpc) is 2.83. The van der Waals surface area contributed by atoms with Crippen LogP contribution < -0.4 is 5.73 Å². The van der Waals surface area contributed by atoms with E-state index >= 15 is 0 Å². The molecule has 1 heterocycles. The summed E-state index contributed by atoms with van der Waals surface area (Å²) in [6, 6.07) is 4.75. The number of benzene rings is 1. The standard InChI is InChI=1S/C14H18FN3/c1-3-10(4-2)14-8-17-9-18(14)11-5-6-12(15)13(16)7-11/h5-10H,3-4,16H2,1-2H3. The van der Waals surface area contributed by atoms with E-state index in [1.165, 1.54) is 6.07 Å². The van der Waals surface area contributed by atoms with Crippen LogP contribution in [0.5, 0.6) is 0 Å². The Hall–Kier alpha value is -1.84. The van der Waals surface area contributed by atoms with Crippen molar-refractivity contribution >= 4 is 5.69 Å². The van der Waals surface area contributed by atoms with Crippen molar-refractivity contribution in [1.82, 2.24) is 9.55 Å². The average molecular weight is 247 g/mol. The molecule has 96 valence electrons. The molecule has 0 saturated carbocycles. The van der Waals surface area contributed by atoms with Gasteiger partial charge in [-0.15, -0.1) is 0 Å². The molecule has 0 aliphatic carbocycles. The highest BCUT2D eigenvalue weighted by Crippen LogP contribution is 2.26. The molecule has 0 amide bonds. The van der Waals surface area contributed by atoms with Gasteiger partial charge in [0.15, 0.2) is 0 Å². The zero-order valence-corrected chi connectivity index (χ0v) is 10.7. The molecule has 2 N–H and O–H groups in total. The van der Waals surface area contributed by atoms with Crippen molar-refractivity contribution in [2.24, 2.45) is 0 Å². The summed E-state index contributed by atoms with van der Waals surface area (Å²) >= 11 is 0. The Morgan fingerprint density at radius 3 is 2.67 bits per heavy atom. The lowest BCUT2D eigenvalue weighted by molar-refractivity contribution is 0.610. The number of imidazole rings is 1. The lowest BCUT2D eigenvalue weighted by atomic mass is 10.00. The van der Waals surface area contributed by atoms with E-state index in [1.807, 2.05) is 10.8 Å². The van der Waals surface area contributed by atoms with Crippen LogP contribution in [0.1, 0.15) is 38.3 Å². The van der Waals surface area contributed by atoms with Gasteiger partial charge in [0.25, 0.3) is 0 Å². The number of aromatic nitrogens is 2. The second-order valence-electron chi connectivity index (χ2n) is 4.41. The first-order chi connectivity index (χ1) is 8.67. The molecule has 1 aromatic carbocycles. The lowest BCUT2D eigenvalue weighted by Crippen LogP contribution is -2.05. The van der Waals surface area contributed by atoms with Gasteiger partial charge in [0.05, 0.1) is 12.0 Å².